The molecule has 2 aromatic carbocycles. The van der Waals surface area contributed by atoms with Crippen LogP contribution in [-0.4, -0.2) is 74.9 Å². The lowest BCUT2D eigenvalue weighted by Gasteiger charge is -2.35. The number of hydrogen-bond acceptors (Lipinski definition) is 5. The van der Waals surface area contributed by atoms with Crippen molar-refractivity contribution in [3.8, 4) is 0 Å². The van der Waals surface area contributed by atoms with Crippen molar-refractivity contribution in [2.24, 2.45) is 11.8 Å². The van der Waals surface area contributed by atoms with Crippen molar-refractivity contribution in [3.05, 3.63) is 89.5 Å². The summed E-state index contributed by atoms with van der Waals surface area (Å²) in [6, 6.07) is 16.3. The number of halogens is 1. The number of unbranched alkanes of at least 4 members (excludes halogenated alkanes) is 1. The minimum Gasteiger partial charge on any atom is -0.396 e. The molecule has 2 fully saturated rings. The van der Waals surface area contributed by atoms with Gasteiger partial charge in [-0.25, -0.2) is 0 Å². The Kier molecular flexibility index (Phi) is 7.50. The van der Waals surface area contributed by atoms with E-state index in [2.05, 4.69) is 6.08 Å². The summed E-state index contributed by atoms with van der Waals surface area (Å²) >= 11 is 8.10. The number of nitrogens with zero attached hydrogens (tertiary/aromatic N) is 3. The molecular weight excluding hydrogens is 546 g/mol. The molecule has 4 heterocycles. The van der Waals surface area contributed by atoms with E-state index < -0.39 is 22.6 Å². The van der Waals surface area contributed by atoms with Crippen LogP contribution in [0.2, 0.25) is 5.02 Å². The van der Waals surface area contributed by atoms with Crippen LogP contribution in [0.3, 0.4) is 0 Å². The molecular formula is C31H32ClN3O4S. The highest BCUT2D eigenvalue weighted by atomic mass is 35.5. The van der Waals surface area contributed by atoms with E-state index in [-0.39, 0.29) is 29.6 Å². The van der Waals surface area contributed by atoms with Crippen LogP contribution in [0.25, 0.3) is 0 Å². The number of amides is 3. The van der Waals surface area contributed by atoms with Crippen LogP contribution in [0.5, 0.6) is 0 Å². The van der Waals surface area contributed by atoms with Crippen molar-refractivity contribution >= 4 is 46.8 Å². The first kappa shape index (κ1) is 27.1. The highest BCUT2D eigenvalue weighted by molar-refractivity contribution is 8.02. The summed E-state index contributed by atoms with van der Waals surface area (Å²) in [4.78, 5) is 48.1. The van der Waals surface area contributed by atoms with E-state index in [1.807, 2.05) is 71.7 Å². The molecule has 5 atom stereocenters. The average molecular weight is 578 g/mol. The normalized spacial score (nSPS) is 29.4. The molecule has 1 unspecified atom stereocenters. The first-order chi connectivity index (χ1) is 19.5. The molecule has 0 aromatic heterocycles. The van der Waals surface area contributed by atoms with Crippen molar-refractivity contribution in [2.45, 2.75) is 35.4 Å². The van der Waals surface area contributed by atoms with Crippen molar-refractivity contribution in [3.63, 3.8) is 0 Å². The van der Waals surface area contributed by atoms with Crippen LogP contribution in [0, 0.1) is 11.8 Å². The van der Waals surface area contributed by atoms with Gasteiger partial charge in [-0.1, -0.05) is 78.4 Å². The third kappa shape index (κ3) is 4.46. The Morgan fingerprint density at radius 3 is 2.48 bits per heavy atom. The van der Waals surface area contributed by atoms with E-state index in [1.165, 1.54) is 0 Å². The van der Waals surface area contributed by atoms with Crippen LogP contribution in [0.4, 0.5) is 5.69 Å². The van der Waals surface area contributed by atoms with Crippen molar-refractivity contribution in [2.75, 3.05) is 31.1 Å². The Hall–Kier alpha value is -3.07. The van der Waals surface area contributed by atoms with Gasteiger partial charge in [0.1, 0.15) is 6.04 Å². The Morgan fingerprint density at radius 1 is 0.925 bits per heavy atom. The van der Waals surface area contributed by atoms with Gasteiger partial charge in [0.25, 0.3) is 5.91 Å². The molecule has 0 saturated carbocycles. The number of carbonyl (C=O) groups excluding carboxylic acids is 3. The third-order valence-corrected chi connectivity index (χ3v) is 10.5. The lowest BCUT2D eigenvalue weighted by molar-refractivity contribution is -0.143. The number of hydrogen-bond donors (Lipinski definition) is 1. The molecule has 40 heavy (non-hydrogen) atoms. The maximum absolute atomic E-state index is 14.4. The average Bonchev–Trinajstić information content (AvgIpc) is 3.27. The smallest absolute Gasteiger partial charge is 0.251 e. The van der Waals surface area contributed by atoms with Crippen LogP contribution in [0.1, 0.15) is 18.4 Å². The van der Waals surface area contributed by atoms with Crippen LogP contribution < -0.4 is 4.90 Å². The highest BCUT2D eigenvalue weighted by Gasteiger charge is 2.71. The molecule has 7 nitrogen and oxygen atoms in total. The Labute approximate surface area is 243 Å². The molecule has 0 radical (unpaired) electrons. The summed E-state index contributed by atoms with van der Waals surface area (Å²) in [5.41, 5.74) is 1.63. The molecule has 3 amide bonds. The molecule has 2 aromatic rings. The van der Waals surface area contributed by atoms with Gasteiger partial charge in [0, 0.05) is 38.0 Å². The fourth-order valence-electron chi connectivity index (χ4n) is 6.66. The second-order valence-electron chi connectivity index (χ2n) is 10.7. The van der Waals surface area contributed by atoms with Crippen molar-refractivity contribution < 1.29 is 19.5 Å². The summed E-state index contributed by atoms with van der Waals surface area (Å²) in [5, 5.41) is 9.67. The SMILES string of the molecule is O=C1[C@@H]2[C@H](C=CCN1Cc1ccccc1)S[C@]13C=CCN(c4ccccc4Cl)C(=O)C1N(CCCCO)C(=O)[C@H]23. The maximum Gasteiger partial charge on any atom is 0.251 e. The summed E-state index contributed by atoms with van der Waals surface area (Å²) in [7, 11) is 0. The molecule has 9 heteroatoms. The minimum absolute atomic E-state index is 0.0119. The van der Waals surface area contributed by atoms with Gasteiger partial charge in [-0.2, -0.15) is 0 Å². The fourth-order valence-corrected chi connectivity index (χ4v) is 8.90. The zero-order chi connectivity index (χ0) is 27.9. The molecule has 1 spiro atoms. The number of fused-ring (bicyclic) bond motifs is 2. The van der Waals surface area contributed by atoms with Gasteiger partial charge in [-0.3, -0.25) is 14.4 Å². The molecule has 4 aliphatic rings. The standard InChI is InChI=1S/C31H32ClN3O4S/c32-22-12-4-5-13-23(22)34-18-9-15-31-26(29(38)35(17-6-7-19-36)27(31)30(34)39)25-24(40-31)14-8-16-33(28(25)37)20-21-10-2-1-3-11-21/h1-5,8-15,24-27,36H,6-7,16-20H2/t24-,25+,26-,27?,31-/m0/s1. The van der Waals surface area contributed by atoms with E-state index in [0.717, 1.165) is 5.56 Å². The first-order valence-electron chi connectivity index (χ1n) is 13.8. The number of likely N-dealkylation sites (tertiary alicyclic amines) is 1. The third-order valence-electron chi connectivity index (χ3n) is 8.41. The summed E-state index contributed by atoms with van der Waals surface area (Å²) in [6.45, 7) is 1.62. The number of aliphatic hydroxyl groups is 1. The van der Waals surface area contributed by atoms with Gasteiger partial charge < -0.3 is 19.8 Å². The van der Waals surface area contributed by atoms with E-state index in [0.29, 0.717) is 49.7 Å². The number of anilines is 1. The topological polar surface area (TPSA) is 81.2 Å². The van der Waals surface area contributed by atoms with Crippen molar-refractivity contribution in [1.82, 2.24) is 9.80 Å². The lowest BCUT2D eigenvalue weighted by atomic mass is 9.78. The predicted molar refractivity (Wildman–Crippen MR) is 157 cm³/mol. The molecule has 4 aliphatic heterocycles. The van der Waals surface area contributed by atoms with Gasteiger partial charge >= 0.3 is 0 Å². The molecule has 1 N–H and O–H groups in total. The number of thioether (sulfide) groups is 1. The second kappa shape index (κ2) is 11.1. The van der Waals surface area contributed by atoms with Gasteiger partial charge in [0.05, 0.1) is 27.3 Å². The van der Waals surface area contributed by atoms with Crippen LogP contribution in [-0.2, 0) is 20.9 Å². The lowest BCUT2D eigenvalue weighted by Crippen LogP contribution is -2.53. The van der Waals surface area contributed by atoms with Gasteiger partial charge in [0.15, 0.2) is 0 Å². The number of aliphatic hydroxyl groups excluding tert-OH is 1. The minimum atomic E-state index is -0.880. The number of para-hydroxylation sites is 1. The quantitative estimate of drug-likeness (QED) is 0.399. The Morgan fingerprint density at radius 2 is 1.70 bits per heavy atom. The Balaban J connectivity index is 1.39. The largest absolute Gasteiger partial charge is 0.396 e. The molecule has 6 rings (SSSR count). The number of rotatable bonds is 7. The fraction of sp³-hybridized carbons (Fsp3) is 0.387. The van der Waals surface area contributed by atoms with E-state index in [1.54, 1.807) is 27.6 Å². The molecule has 208 valence electrons. The molecule has 2 saturated heterocycles. The van der Waals surface area contributed by atoms with Gasteiger partial charge in [0.2, 0.25) is 11.8 Å². The van der Waals surface area contributed by atoms with Gasteiger partial charge in [-0.05, 0) is 30.5 Å². The number of benzene rings is 2. The maximum atomic E-state index is 14.4. The van der Waals surface area contributed by atoms with E-state index in [9.17, 15) is 19.5 Å². The molecule has 0 aliphatic carbocycles. The van der Waals surface area contributed by atoms with Crippen LogP contribution in [0.15, 0.2) is 78.9 Å². The Bertz CT molecular complexity index is 1370. The second-order valence-corrected chi connectivity index (χ2v) is 12.6. The first-order valence-corrected chi connectivity index (χ1v) is 15.0. The monoisotopic (exact) mass is 577 g/mol. The molecule has 0 bridgehead atoms. The zero-order valence-electron chi connectivity index (χ0n) is 22.1. The van der Waals surface area contributed by atoms with E-state index >= 15 is 0 Å². The van der Waals surface area contributed by atoms with Gasteiger partial charge in [-0.15, -0.1) is 11.8 Å². The van der Waals surface area contributed by atoms with Crippen molar-refractivity contribution in [1.29, 1.82) is 0 Å². The zero-order valence-corrected chi connectivity index (χ0v) is 23.6. The van der Waals surface area contributed by atoms with Crippen LogP contribution >= 0.6 is 23.4 Å². The summed E-state index contributed by atoms with van der Waals surface area (Å²) in [6.07, 6.45) is 9.14. The predicted octanol–water partition coefficient (Wildman–Crippen LogP) is 3.91. The highest BCUT2D eigenvalue weighted by Crippen LogP contribution is 2.61. The number of carbonyl (C=O) groups is 3. The summed E-state index contributed by atoms with van der Waals surface area (Å²) < 4.78 is -0.880. The summed E-state index contributed by atoms with van der Waals surface area (Å²) in [5.74, 6) is -1.65. The van der Waals surface area contributed by atoms with E-state index in [4.69, 9.17) is 11.6 Å².